The molecule has 0 heterocycles. The third-order valence-corrected chi connectivity index (χ3v) is 6.49. The third kappa shape index (κ3) is 3.42. The van der Waals surface area contributed by atoms with Crippen molar-refractivity contribution in [2.24, 2.45) is 0 Å². The van der Waals surface area contributed by atoms with Gasteiger partial charge in [0.2, 0.25) is 10.0 Å². The molecule has 108 valence electrons. The van der Waals surface area contributed by atoms with Crippen LogP contribution >= 0.6 is 27.5 Å². The molecule has 0 amide bonds. The van der Waals surface area contributed by atoms with Gasteiger partial charge in [0.05, 0.1) is 9.37 Å². The Morgan fingerprint density at radius 2 is 2.00 bits per heavy atom. The maximum absolute atomic E-state index is 12.7. The van der Waals surface area contributed by atoms with E-state index in [1.54, 1.807) is 0 Å². The van der Waals surface area contributed by atoms with E-state index in [4.69, 9.17) is 17.3 Å². The van der Waals surface area contributed by atoms with Crippen molar-refractivity contribution >= 4 is 43.2 Å². The number of nitrogens with zero attached hydrogens (tertiary/aromatic N) is 1. The summed E-state index contributed by atoms with van der Waals surface area (Å²) in [7, 11) is -3.62. The summed E-state index contributed by atoms with van der Waals surface area (Å²) < 4.78 is 27.1. The van der Waals surface area contributed by atoms with Gasteiger partial charge in [0.15, 0.2) is 0 Å². The van der Waals surface area contributed by atoms with Crippen LogP contribution in [0.25, 0.3) is 0 Å². The van der Waals surface area contributed by atoms with E-state index in [0.717, 1.165) is 6.42 Å². The van der Waals surface area contributed by atoms with Crippen molar-refractivity contribution in [1.82, 2.24) is 4.31 Å². The number of anilines is 1. The van der Waals surface area contributed by atoms with Crippen LogP contribution in [-0.4, -0.2) is 25.3 Å². The molecule has 0 aliphatic carbocycles. The van der Waals surface area contributed by atoms with Gasteiger partial charge in [-0.15, -0.1) is 0 Å². The van der Waals surface area contributed by atoms with Gasteiger partial charge in [0.1, 0.15) is 0 Å². The van der Waals surface area contributed by atoms with E-state index in [0.29, 0.717) is 21.7 Å². The fourth-order valence-electron chi connectivity index (χ4n) is 1.82. The maximum Gasteiger partial charge on any atom is 0.244 e. The molecule has 1 aromatic rings. The summed E-state index contributed by atoms with van der Waals surface area (Å²) in [5.74, 6) is 0. The number of nitrogens with two attached hydrogens (primary N) is 1. The van der Waals surface area contributed by atoms with Crippen LogP contribution in [0.4, 0.5) is 5.69 Å². The first-order valence-electron chi connectivity index (χ1n) is 6.02. The van der Waals surface area contributed by atoms with Gasteiger partial charge in [-0.3, -0.25) is 0 Å². The van der Waals surface area contributed by atoms with Gasteiger partial charge in [0, 0.05) is 23.3 Å². The largest absolute Gasteiger partial charge is 0.398 e. The number of nitrogen functional groups attached to an aromatic ring is 1. The molecule has 1 rings (SSSR count). The smallest absolute Gasteiger partial charge is 0.244 e. The Morgan fingerprint density at radius 3 is 2.47 bits per heavy atom. The highest BCUT2D eigenvalue weighted by Crippen LogP contribution is 2.33. The fourth-order valence-corrected chi connectivity index (χ4v) is 4.79. The minimum atomic E-state index is -3.62. The molecule has 1 unspecified atom stereocenters. The van der Waals surface area contributed by atoms with Crippen LogP contribution in [0.3, 0.4) is 0 Å². The monoisotopic (exact) mass is 368 g/mol. The normalized spacial score (nSPS) is 13.8. The number of sulfonamides is 1. The van der Waals surface area contributed by atoms with E-state index < -0.39 is 10.0 Å². The van der Waals surface area contributed by atoms with Crippen LogP contribution in [0.2, 0.25) is 5.02 Å². The summed E-state index contributed by atoms with van der Waals surface area (Å²) in [5.41, 5.74) is 6.07. The zero-order chi connectivity index (χ0) is 14.8. The molecule has 0 radical (unpaired) electrons. The first kappa shape index (κ1) is 16.8. The Morgan fingerprint density at radius 1 is 1.42 bits per heavy atom. The van der Waals surface area contributed by atoms with E-state index in [1.807, 2.05) is 20.8 Å². The van der Waals surface area contributed by atoms with E-state index in [1.165, 1.54) is 16.4 Å². The van der Waals surface area contributed by atoms with Gasteiger partial charge < -0.3 is 5.73 Å². The lowest BCUT2D eigenvalue weighted by Crippen LogP contribution is -2.38. The summed E-state index contributed by atoms with van der Waals surface area (Å²) in [6.45, 7) is 6.04. The number of rotatable bonds is 5. The van der Waals surface area contributed by atoms with E-state index in [-0.39, 0.29) is 10.9 Å². The first-order valence-corrected chi connectivity index (χ1v) is 8.63. The second-order valence-electron chi connectivity index (χ2n) is 4.27. The predicted molar refractivity (Wildman–Crippen MR) is 82.9 cm³/mol. The van der Waals surface area contributed by atoms with Gasteiger partial charge in [-0.05, 0) is 41.4 Å². The highest BCUT2D eigenvalue weighted by molar-refractivity contribution is 9.10. The predicted octanol–water partition coefficient (Wildman–Crippen LogP) is 3.49. The molecule has 4 nitrogen and oxygen atoms in total. The average molecular weight is 370 g/mol. The first-order chi connectivity index (χ1) is 8.75. The fraction of sp³-hybridized carbons (Fsp3) is 0.500. The van der Waals surface area contributed by atoms with Gasteiger partial charge >= 0.3 is 0 Å². The van der Waals surface area contributed by atoms with E-state index in [2.05, 4.69) is 15.9 Å². The number of hydrogen-bond donors (Lipinski definition) is 1. The number of halogens is 2. The van der Waals surface area contributed by atoms with Crippen molar-refractivity contribution in [3.63, 3.8) is 0 Å². The molecule has 0 bridgehead atoms. The lowest BCUT2D eigenvalue weighted by molar-refractivity contribution is 0.342. The van der Waals surface area contributed by atoms with Gasteiger partial charge in [0.25, 0.3) is 0 Å². The van der Waals surface area contributed by atoms with Gasteiger partial charge in [-0.25, -0.2) is 8.42 Å². The zero-order valence-corrected chi connectivity index (χ0v) is 14.3. The van der Waals surface area contributed by atoms with Crippen LogP contribution in [-0.2, 0) is 10.0 Å². The Kier molecular flexibility index (Phi) is 5.67. The zero-order valence-electron chi connectivity index (χ0n) is 11.2. The van der Waals surface area contributed by atoms with Crippen LogP contribution in [0.1, 0.15) is 27.2 Å². The van der Waals surface area contributed by atoms with Gasteiger partial charge in [-0.2, -0.15) is 4.31 Å². The molecule has 19 heavy (non-hydrogen) atoms. The van der Waals surface area contributed by atoms with Crippen LogP contribution in [0, 0.1) is 0 Å². The molecule has 1 aromatic carbocycles. The summed E-state index contributed by atoms with van der Waals surface area (Å²) in [4.78, 5) is 0.111. The molecule has 0 saturated heterocycles. The molecule has 0 aliphatic rings. The van der Waals surface area contributed by atoms with Crippen molar-refractivity contribution in [1.29, 1.82) is 0 Å². The lowest BCUT2D eigenvalue weighted by Gasteiger charge is -2.27. The summed E-state index contributed by atoms with van der Waals surface area (Å²) >= 11 is 9.13. The molecule has 0 spiro atoms. The molecule has 0 aliphatic heterocycles. The Labute approximate surface area is 128 Å². The number of benzene rings is 1. The Balaban J connectivity index is 3.42. The quantitative estimate of drug-likeness (QED) is 0.808. The second kappa shape index (κ2) is 6.43. The topological polar surface area (TPSA) is 63.4 Å². The van der Waals surface area contributed by atoms with E-state index >= 15 is 0 Å². The SMILES string of the molecule is CCC(C)N(CC)S(=O)(=O)c1cc(Cl)cc(N)c1Br. The van der Waals surface area contributed by atoms with Crippen molar-refractivity contribution in [2.45, 2.75) is 38.1 Å². The standard InChI is InChI=1S/C12H18BrClN2O2S/c1-4-8(3)16(5-2)19(17,18)11-7-9(14)6-10(15)12(11)13/h6-8H,4-5,15H2,1-3H3. The highest BCUT2D eigenvalue weighted by Gasteiger charge is 2.29. The minimum Gasteiger partial charge on any atom is -0.398 e. The lowest BCUT2D eigenvalue weighted by atomic mass is 10.3. The van der Waals surface area contributed by atoms with Crippen molar-refractivity contribution < 1.29 is 8.42 Å². The second-order valence-corrected chi connectivity index (χ2v) is 7.36. The van der Waals surface area contributed by atoms with Crippen LogP contribution < -0.4 is 5.73 Å². The van der Waals surface area contributed by atoms with Crippen molar-refractivity contribution in [2.75, 3.05) is 12.3 Å². The Bertz CT molecular complexity index is 563. The number of hydrogen-bond acceptors (Lipinski definition) is 3. The highest BCUT2D eigenvalue weighted by atomic mass is 79.9. The Hall–Kier alpha value is -0.300. The molecule has 0 aromatic heterocycles. The molecule has 1 atom stereocenters. The molecule has 2 N–H and O–H groups in total. The molecular formula is C12H18BrClN2O2S. The summed E-state index contributed by atoms with van der Waals surface area (Å²) in [6, 6.07) is 2.86. The molecule has 0 fully saturated rings. The van der Waals surface area contributed by atoms with Crippen molar-refractivity contribution in [3.8, 4) is 0 Å². The summed E-state index contributed by atoms with van der Waals surface area (Å²) in [5, 5.41) is 0.305. The third-order valence-electron chi connectivity index (χ3n) is 3.01. The van der Waals surface area contributed by atoms with E-state index in [9.17, 15) is 8.42 Å². The average Bonchev–Trinajstić information content (AvgIpc) is 2.33. The van der Waals surface area contributed by atoms with Crippen LogP contribution in [0.15, 0.2) is 21.5 Å². The molecular weight excluding hydrogens is 352 g/mol. The molecule has 0 saturated carbocycles. The van der Waals surface area contributed by atoms with Crippen LogP contribution in [0.5, 0.6) is 0 Å². The summed E-state index contributed by atoms with van der Waals surface area (Å²) in [6.07, 6.45) is 0.737. The maximum atomic E-state index is 12.7. The van der Waals surface area contributed by atoms with Crippen molar-refractivity contribution in [3.05, 3.63) is 21.6 Å². The molecule has 7 heteroatoms. The van der Waals surface area contributed by atoms with Gasteiger partial charge in [-0.1, -0.05) is 25.4 Å². The minimum absolute atomic E-state index is 0.0814.